The Hall–Kier alpha value is -1.81. The van der Waals surface area contributed by atoms with Gasteiger partial charge in [0.25, 0.3) is 0 Å². The number of rotatable bonds is 3. The maximum atomic E-state index is 9.60. The second-order valence-electron chi connectivity index (χ2n) is 3.90. The van der Waals surface area contributed by atoms with Crippen molar-refractivity contribution in [2.45, 2.75) is 26.7 Å². The number of aliphatic carboxylic acids is 1. The van der Waals surface area contributed by atoms with Crippen molar-refractivity contribution in [1.82, 2.24) is 0 Å². The van der Waals surface area contributed by atoms with E-state index in [4.69, 9.17) is 10.4 Å². The lowest BCUT2D eigenvalue weighted by Crippen LogP contribution is -1.92. The van der Waals surface area contributed by atoms with Crippen molar-refractivity contribution < 1.29 is 20.0 Å². The van der Waals surface area contributed by atoms with E-state index >= 15 is 0 Å². The summed E-state index contributed by atoms with van der Waals surface area (Å²) in [5, 5.41) is 16.2. The molecule has 4 nitrogen and oxygen atoms in total. The van der Waals surface area contributed by atoms with Gasteiger partial charge in [0.2, 0.25) is 0 Å². The smallest absolute Gasteiger partial charge is 0.330 e. The molecule has 1 rings (SSSR count). The summed E-state index contributed by atoms with van der Waals surface area (Å²) in [6.07, 6.45) is 0. The van der Waals surface area contributed by atoms with E-state index in [1.807, 2.05) is 12.1 Å². The molecule has 0 bridgehead atoms. The van der Waals surface area contributed by atoms with E-state index in [2.05, 4.69) is 25.3 Å². The molecule has 0 aromatic heterocycles. The minimum absolute atomic E-state index is 0.176. The van der Waals surface area contributed by atoms with Crippen molar-refractivity contribution in [2.75, 3.05) is 0 Å². The highest BCUT2D eigenvalue weighted by molar-refractivity contribution is 5.84. The number of hydrogen-bond acceptors (Lipinski definition) is 3. The molecular weight excluding hydrogens is 220 g/mol. The van der Waals surface area contributed by atoms with E-state index in [9.17, 15) is 4.79 Å². The molecule has 1 aromatic rings. The third kappa shape index (κ3) is 6.37. The molecule has 0 saturated carbocycles. The average Bonchev–Trinajstić information content (AvgIpc) is 2.29. The lowest BCUT2D eigenvalue weighted by molar-refractivity contribution is -0.137. The highest BCUT2D eigenvalue weighted by Gasteiger charge is 1.98. The van der Waals surface area contributed by atoms with E-state index in [1.165, 1.54) is 12.5 Å². The summed E-state index contributed by atoms with van der Waals surface area (Å²) >= 11 is 0. The number of benzene rings is 1. The molecule has 0 heterocycles. The van der Waals surface area contributed by atoms with Crippen molar-refractivity contribution in [3.63, 3.8) is 0 Å². The van der Waals surface area contributed by atoms with Gasteiger partial charge < -0.3 is 9.99 Å². The molecule has 0 atom stereocenters. The Bertz CT molecular complexity index is 354. The van der Waals surface area contributed by atoms with Crippen molar-refractivity contribution in [1.29, 1.82) is 0 Å². The highest BCUT2D eigenvalue weighted by Crippen LogP contribution is 2.17. The quantitative estimate of drug-likeness (QED) is 0.481. The molecule has 1 aromatic carbocycles. The van der Waals surface area contributed by atoms with Crippen molar-refractivity contribution in [3.05, 3.63) is 42.0 Å². The first-order chi connectivity index (χ1) is 7.88. The molecule has 0 amide bonds. The zero-order valence-corrected chi connectivity index (χ0v) is 10.3. The van der Waals surface area contributed by atoms with Gasteiger partial charge in [-0.2, -0.15) is 0 Å². The van der Waals surface area contributed by atoms with Crippen LogP contribution in [-0.4, -0.2) is 16.3 Å². The Morgan fingerprint density at radius 1 is 1.29 bits per heavy atom. The minimum atomic E-state index is -0.935. The Balaban J connectivity index is 0.000000366. The molecule has 0 radical (unpaired) electrons. The molecule has 0 unspecified atom stereocenters. The molecule has 2 N–H and O–H groups in total. The van der Waals surface area contributed by atoms with Gasteiger partial charge in [-0.05, 0) is 30.5 Å². The zero-order valence-electron chi connectivity index (χ0n) is 10.3. The average molecular weight is 238 g/mol. The van der Waals surface area contributed by atoms with Crippen LogP contribution in [0.25, 0.3) is 0 Å². The lowest BCUT2D eigenvalue weighted by atomic mass is 10.0. The van der Waals surface area contributed by atoms with Gasteiger partial charge in [-0.15, -0.1) is 0 Å². The first-order valence-electron chi connectivity index (χ1n) is 5.18. The molecule has 0 aliphatic rings. The van der Waals surface area contributed by atoms with Crippen LogP contribution in [0.1, 0.15) is 32.3 Å². The van der Waals surface area contributed by atoms with Gasteiger partial charge in [0.05, 0.1) is 0 Å². The van der Waals surface area contributed by atoms with Gasteiger partial charge in [0, 0.05) is 5.57 Å². The molecule has 17 heavy (non-hydrogen) atoms. The van der Waals surface area contributed by atoms with Crippen LogP contribution >= 0.6 is 0 Å². The van der Waals surface area contributed by atoms with Crippen LogP contribution in [-0.2, 0) is 4.79 Å². The van der Waals surface area contributed by atoms with E-state index in [0.29, 0.717) is 11.7 Å². The van der Waals surface area contributed by atoms with Gasteiger partial charge in [-0.25, -0.2) is 10.1 Å². The third-order valence-corrected chi connectivity index (χ3v) is 2.02. The van der Waals surface area contributed by atoms with Crippen molar-refractivity contribution in [2.24, 2.45) is 0 Å². The molecule has 0 spiro atoms. The Morgan fingerprint density at radius 3 is 1.94 bits per heavy atom. The molecule has 0 aliphatic carbocycles. The molecule has 0 fully saturated rings. The third-order valence-electron chi connectivity index (χ3n) is 2.02. The van der Waals surface area contributed by atoms with Gasteiger partial charge in [0.15, 0.2) is 5.75 Å². The predicted molar refractivity (Wildman–Crippen MR) is 66.2 cm³/mol. The van der Waals surface area contributed by atoms with Crippen LogP contribution in [0.5, 0.6) is 5.75 Å². The summed E-state index contributed by atoms with van der Waals surface area (Å²) < 4.78 is 0. The maximum absolute atomic E-state index is 9.60. The molecule has 0 saturated heterocycles. The summed E-state index contributed by atoms with van der Waals surface area (Å²) in [6, 6.07) is 7.37. The summed E-state index contributed by atoms with van der Waals surface area (Å²) in [4.78, 5) is 13.6. The summed E-state index contributed by atoms with van der Waals surface area (Å²) in [7, 11) is 0. The maximum Gasteiger partial charge on any atom is 0.330 e. The van der Waals surface area contributed by atoms with Crippen molar-refractivity contribution in [3.8, 4) is 5.75 Å². The second kappa shape index (κ2) is 7.46. The fourth-order valence-corrected chi connectivity index (χ4v) is 0.914. The number of hydrogen-bond donors (Lipinski definition) is 2. The first-order valence-corrected chi connectivity index (χ1v) is 5.18. The molecule has 94 valence electrons. The van der Waals surface area contributed by atoms with Gasteiger partial charge in [-0.3, -0.25) is 0 Å². The standard InChI is InChI=1S/C9H12O2.C4H6O2/c1-7(2)8-3-5-9(11-10)6-4-8;1-3(2)4(5)6/h3-7,10H,1-2H3;1H2,2H3,(H,5,6). The number of carboxylic acids is 1. The topological polar surface area (TPSA) is 66.8 Å². The Labute approximate surface area is 101 Å². The summed E-state index contributed by atoms with van der Waals surface area (Å²) in [6.45, 7) is 8.84. The lowest BCUT2D eigenvalue weighted by Gasteiger charge is -2.04. The predicted octanol–water partition coefficient (Wildman–Crippen LogP) is 3.31. The van der Waals surface area contributed by atoms with Crippen LogP contribution in [0.2, 0.25) is 0 Å². The van der Waals surface area contributed by atoms with E-state index in [1.54, 1.807) is 12.1 Å². The molecule has 4 heteroatoms. The highest BCUT2D eigenvalue weighted by atomic mass is 17.1. The molecule has 0 aliphatic heterocycles. The number of carbonyl (C=O) groups is 1. The Kier molecular flexibility index (Phi) is 6.67. The van der Waals surface area contributed by atoms with E-state index in [0.717, 1.165) is 0 Å². The molecular formula is C13H18O4. The normalized spacial score (nSPS) is 9.24. The van der Waals surface area contributed by atoms with Gasteiger partial charge in [-0.1, -0.05) is 32.6 Å². The van der Waals surface area contributed by atoms with E-state index in [-0.39, 0.29) is 5.57 Å². The van der Waals surface area contributed by atoms with Crippen LogP contribution in [0.4, 0.5) is 0 Å². The SMILES string of the molecule is C=C(C)C(=O)O.CC(C)c1ccc(OO)cc1. The fraction of sp³-hybridized carbons (Fsp3) is 0.308. The first kappa shape index (κ1) is 15.2. The van der Waals surface area contributed by atoms with Crippen LogP contribution < -0.4 is 4.89 Å². The van der Waals surface area contributed by atoms with Gasteiger partial charge >= 0.3 is 5.97 Å². The van der Waals surface area contributed by atoms with Crippen LogP contribution in [0, 0.1) is 0 Å². The summed E-state index contributed by atoms with van der Waals surface area (Å²) in [5.74, 6) is 0.0622. The van der Waals surface area contributed by atoms with Crippen molar-refractivity contribution >= 4 is 5.97 Å². The van der Waals surface area contributed by atoms with Crippen LogP contribution in [0.15, 0.2) is 36.4 Å². The monoisotopic (exact) mass is 238 g/mol. The van der Waals surface area contributed by atoms with Gasteiger partial charge in [0.1, 0.15) is 0 Å². The zero-order chi connectivity index (χ0) is 13.4. The number of carboxylic acid groups (broad SMARTS) is 1. The minimum Gasteiger partial charge on any atom is -0.478 e. The largest absolute Gasteiger partial charge is 0.478 e. The fourth-order valence-electron chi connectivity index (χ4n) is 0.914. The Morgan fingerprint density at radius 2 is 1.71 bits per heavy atom. The van der Waals surface area contributed by atoms with Crippen LogP contribution in [0.3, 0.4) is 0 Å². The second-order valence-corrected chi connectivity index (χ2v) is 3.90. The van der Waals surface area contributed by atoms with E-state index < -0.39 is 5.97 Å². The summed E-state index contributed by atoms with van der Waals surface area (Å²) in [5.41, 5.74) is 1.42.